The van der Waals surface area contributed by atoms with Crippen LogP contribution in [0.5, 0.6) is 5.75 Å². The number of benzene rings is 1. The second kappa shape index (κ2) is 4.37. The number of ether oxygens (including phenoxy) is 1. The molecule has 0 radical (unpaired) electrons. The van der Waals surface area contributed by atoms with Crippen LogP contribution in [-0.4, -0.2) is 19.1 Å². The van der Waals surface area contributed by atoms with E-state index in [2.05, 4.69) is 5.32 Å². The molecule has 17 heavy (non-hydrogen) atoms. The molecule has 1 aliphatic heterocycles. The molecule has 0 saturated carbocycles. The van der Waals surface area contributed by atoms with Crippen LogP contribution in [0.4, 0.5) is 0 Å². The molecule has 1 aromatic rings. The Morgan fingerprint density at radius 1 is 1.53 bits per heavy atom. The number of nitrogens with one attached hydrogen (secondary N) is 1. The molecule has 0 aliphatic carbocycles. The zero-order valence-electron chi connectivity index (χ0n) is 10.2. The lowest BCUT2D eigenvalue weighted by molar-refractivity contribution is -0.129. The second-order valence-corrected chi connectivity index (χ2v) is 4.96. The summed E-state index contributed by atoms with van der Waals surface area (Å²) < 4.78 is 5.51. The summed E-state index contributed by atoms with van der Waals surface area (Å²) in [6.07, 6.45) is 0. The fraction of sp³-hybridized carbons (Fsp3) is 0.462. The number of hydrogen-bond acceptors (Lipinski definition) is 3. The van der Waals surface area contributed by atoms with Gasteiger partial charge in [-0.05, 0) is 19.9 Å². The Labute approximate surface area is 101 Å². The van der Waals surface area contributed by atoms with Crippen LogP contribution >= 0.6 is 0 Å². The summed E-state index contributed by atoms with van der Waals surface area (Å²) in [5.41, 5.74) is 6.08. The monoisotopic (exact) mass is 234 g/mol. The Bertz CT molecular complexity index is 429. The lowest BCUT2D eigenvalue weighted by Gasteiger charge is -2.23. The van der Waals surface area contributed by atoms with Crippen molar-refractivity contribution >= 4 is 5.91 Å². The third-order valence-corrected chi connectivity index (χ3v) is 3.13. The van der Waals surface area contributed by atoms with E-state index in [4.69, 9.17) is 10.5 Å². The van der Waals surface area contributed by atoms with Gasteiger partial charge in [0.2, 0.25) is 5.91 Å². The molecule has 1 atom stereocenters. The highest BCUT2D eigenvalue weighted by atomic mass is 16.5. The molecule has 0 bridgehead atoms. The summed E-state index contributed by atoms with van der Waals surface area (Å²) in [4.78, 5) is 12.0. The van der Waals surface area contributed by atoms with Gasteiger partial charge in [-0.2, -0.15) is 0 Å². The van der Waals surface area contributed by atoms with Crippen molar-refractivity contribution in [2.24, 2.45) is 11.1 Å². The predicted octanol–water partition coefficient (Wildman–Crippen LogP) is 1.22. The van der Waals surface area contributed by atoms with E-state index >= 15 is 0 Å². The topological polar surface area (TPSA) is 64.4 Å². The molecule has 4 heteroatoms. The highest BCUT2D eigenvalue weighted by Gasteiger charge is 2.31. The molecule has 0 spiro atoms. The zero-order chi connectivity index (χ0) is 12.5. The van der Waals surface area contributed by atoms with Crippen LogP contribution < -0.4 is 15.8 Å². The van der Waals surface area contributed by atoms with Crippen molar-refractivity contribution in [1.82, 2.24) is 5.32 Å². The van der Waals surface area contributed by atoms with Gasteiger partial charge in [0.05, 0.1) is 11.5 Å². The molecule has 92 valence electrons. The molecule has 1 amide bonds. The molecule has 2 rings (SSSR count). The first-order valence-corrected chi connectivity index (χ1v) is 5.77. The van der Waals surface area contributed by atoms with Crippen molar-refractivity contribution in [3.8, 4) is 5.75 Å². The molecule has 4 nitrogen and oxygen atoms in total. The zero-order valence-corrected chi connectivity index (χ0v) is 10.2. The summed E-state index contributed by atoms with van der Waals surface area (Å²) in [5.74, 6) is 0.814. The molecule has 0 aromatic heterocycles. The maximum atomic E-state index is 12.0. The average molecular weight is 234 g/mol. The predicted molar refractivity (Wildman–Crippen MR) is 65.7 cm³/mol. The number of carbonyl (C=O) groups excluding carboxylic acids is 1. The van der Waals surface area contributed by atoms with Crippen molar-refractivity contribution in [1.29, 1.82) is 0 Å². The van der Waals surface area contributed by atoms with Crippen LogP contribution in [0.1, 0.15) is 25.5 Å². The van der Waals surface area contributed by atoms with Crippen molar-refractivity contribution in [3.05, 3.63) is 29.8 Å². The smallest absolute Gasteiger partial charge is 0.227 e. The molecule has 1 unspecified atom stereocenters. The Morgan fingerprint density at radius 3 is 2.94 bits per heavy atom. The molecule has 1 heterocycles. The van der Waals surface area contributed by atoms with E-state index in [0.717, 1.165) is 11.3 Å². The summed E-state index contributed by atoms with van der Waals surface area (Å²) in [6.45, 7) is 4.49. The summed E-state index contributed by atoms with van der Waals surface area (Å²) >= 11 is 0. The van der Waals surface area contributed by atoms with E-state index in [1.54, 1.807) is 0 Å². The SMILES string of the molecule is CC(C)(CN)C(=O)NC1COc2ccccc21. The molecule has 3 N–H and O–H groups in total. The first-order valence-electron chi connectivity index (χ1n) is 5.77. The lowest BCUT2D eigenvalue weighted by atomic mass is 9.92. The molecular formula is C13H18N2O2. The van der Waals surface area contributed by atoms with Gasteiger partial charge in [-0.15, -0.1) is 0 Å². The molecule has 1 aromatic carbocycles. The minimum absolute atomic E-state index is 0.0368. The van der Waals surface area contributed by atoms with E-state index in [-0.39, 0.29) is 11.9 Å². The molecule has 1 aliphatic rings. The molecule has 0 fully saturated rings. The lowest BCUT2D eigenvalue weighted by Crippen LogP contribution is -2.43. The Hall–Kier alpha value is -1.55. The minimum atomic E-state index is -0.544. The van der Waals surface area contributed by atoms with Gasteiger partial charge in [0.15, 0.2) is 0 Å². The third-order valence-electron chi connectivity index (χ3n) is 3.13. The number of rotatable bonds is 3. The van der Waals surface area contributed by atoms with Gasteiger partial charge in [-0.25, -0.2) is 0 Å². The Kier molecular flexibility index (Phi) is 3.07. The van der Waals surface area contributed by atoms with Crippen LogP contribution in [0.15, 0.2) is 24.3 Å². The third kappa shape index (κ3) is 2.26. The summed E-state index contributed by atoms with van der Waals surface area (Å²) in [5, 5.41) is 2.98. The van der Waals surface area contributed by atoms with Crippen molar-refractivity contribution in [2.45, 2.75) is 19.9 Å². The summed E-state index contributed by atoms with van der Waals surface area (Å²) in [6, 6.07) is 7.69. The first-order chi connectivity index (χ1) is 8.04. The number of hydrogen-bond donors (Lipinski definition) is 2. The van der Waals surface area contributed by atoms with E-state index in [9.17, 15) is 4.79 Å². The Balaban J connectivity index is 2.10. The average Bonchev–Trinajstić information content (AvgIpc) is 2.73. The number of para-hydroxylation sites is 1. The van der Waals surface area contributed by atoms with Crippen LogP contribution in [0, 0.1) is 5.41 Å². The van der Waals surface area contributed by atoms with Crippen molar-refractivity contribution in [3.63, 3.8) is 0 Å². The number of nitrogens with two attached hydrogens (primary N) is 1. The van der Waals surface area contributed by atoms with Gasteiger partial charge < -0.3 is 15.8 Å². The maximum absolute atomic E-state index is 12.0. The molecular weight excluding hydrogens is 216 g/mol. The summed E-state index contributed by atoms with van der Waals surface area (Å²) in [7, 11) is 0. The number of carbonyl (C=O) groups is 1. The van der Waals surface area contributed by atoms with Crippen LogP contribution in [0.3, 0.4) is 0 Å². The van der Waals surface area contributed by atoms with E-state index in [1.807, 2.05) is 38.1 Å². The Morgan fingerprint density at radius 2 is 2.24 bits per heavy atom. The van der Waals surface area contributed by atoms with Crippen LogP contribution in [-0.2, 0) is 4.79 Å². The molecule has 0 saturated heterocycles. The van der Waals surface area contributed by atoms with E-state index in [1.165, 1.54) is 0 Å². The van der Waals surface area contributed by atoms with Gasteiger partial charge in [0.25, 0.3) is 0 Å². The highest BCUT2D eigenvalue weighted by molar-refractivity contribution is 5.82. The van der Waals surface area contributed by atoms with Gasteiger partial charge in [0, 0.05) is 12.1 Å². The minimum Gasteiger partial charge on any atom is -0.491 e. The highest BCUT2D eigenvalue weighted by Crippen LogP contribution is 2.32. The van der Waals surface area contributed by atoms with Gasteiger partial charge in [0.1, 0.15) is 12.4 Å². The normalized spacial score (nSPS) is 18.4. The fourth-order valence-corrected chi connectivity index (χ4v) is 1.73. The standard InChI is InChI=1S/C13H18N2O2/c1-13(2,8-14)12(16)15-10-7-17-11-6-4-3-5-9(10)11/h3-6,10H,7-8,14H2,1-2H3,(H,15,16). The quantitative estimate of drug-likeness (QED) is 0.826. The largest absolute Gasteiger partial charge is 0.491 e. The first kappa shape index (κ1) is 11.9. The van der Waals surface area contributed by atoms with E-state index in [0.29, 0.717) is 13.2 Å². The number of amides is 1. The van der Waals surface area contributed by atoms with E-state index < -0.39 is 5.41 Å². The van der Waals surface area contributed by atoms with Gasteiger partial charge in [-0.1, -0.05) is 18.2 Å². The van der Waals surface area contributed by atoms with Gasteiger partial charge >= 0.3 is 0 Å². The van der Waals surface area contributed by atoms with Crippen LogP contribution in [0.2, 0.25) is 0 Å². The number of fused-ring (bicyclic) bond motifs is 1. The fourth-order valence-electron chi connectivity index (χ4n) is 1.73. The van der Waals surface area contributed by atoms with Gasteiger partial charge in [-0.3, -0.25) is 4.79 Å². The van der Waals surface area contributed by atoms with Crippen molar-refractivity contribution in [2.75, 3.05) is 13.2 Å². The van der Waals surface area contributed by atoms with Crippen LogP contribution in [0.25, 0.3) is 0 Å². The van der Waals surface area contributed by atoms with Crippen molar-refractivity contribution < 1.29 is 9.53 Å². The second-order valence-electron chi connectivity index (χ2n) is 4.96. The maximum Gasteiger partial charge on any atom is 0.227 e.